The summed E-state index contributed by atoms with van der Waals surface area (Å²) in [6.07, 6.45) is 0. The minimum atomic E-state index is -4.67. The molecule has 42 valence electrons. The van der Waals surface area contributed by atoms with Crippen molar-refractivity contribution in [2.24, 2.45) is 0 Å². The summed E-state index contributed by atoms with van der Waals surface area (Å²) in [5.41, 5.74) is 0. The second kappa shape index (κ2) is 5.24. The van der Waals surface area contributed by atoms with Crippen LogP contribution in [0.25, 0.3) is 0 Å². The van der Waals surface area contributed by atoms with Crippen molar-refractivity contribution >= 4 is 22.8 Å². The molecule has 0 aliphatic heterocycles. The molecule has 7 heteroatoms. The molecule has 4 nitrogen and oxygen atoms in total. The van der Waals surface area contributed by atoms with Crippen LogP contribution in [0.5, 0.6) is 0 Å². The summed E-state index contributed by atoms with van der Waals surface area (Å²) in [5.74, 6) is 0. The van der Waals surface area contributed by atoms with Gasteiger partial charge in [0, 0.05) is 27.7 Å². The van der Waals surface area contributed by atoms with Crippen LogP contribution >= 0.6 is 12.4 Å². The summed E-state index contributed by atoms with van der Waals surface area (Å²) in [6.45, 7) is 0. The molecule has 0 aliphatic rings. The van der Waals surface area contributed by atoms with Crippen molar-refractivity contribution in [3.63, 3.8) is 0 Å². The molecule has 0 radical (unpaired) electrons. The van der Waals surface area contributed by atoms with Crippen LogP contribution in [0.1, 0.15) is 0 Å². The second-order valence-electron chi connectivity index (χ2n) is 0.448. The van der Waals surface area contributed by atoms with E-state index in [1.54, 1.807) is 0 Å². The fraction of sp³-hybridized carbons (Fsp3) is 0. The Labute approximate surface area is 67.8 Å². The van der Waals surface area contributed by atoms with Gasteiger partial charge in [-0.1, -0.05) is 0 Å². The first kappa shape index (κ1) is 15.7. The van der Waals surface area contributed by atoms with E-state index < -0.39 is 10.4 Å². The Balaban J connectivity index is -0.0000000800. The maximum absolute atomic E-state index is 8.74. The summed E-state index contributed by atoms with van der Waals surface area (Å²) in [4.78, 5) is 0. The molecule has 0 fully saturated rings. The number of hydrogen-bond donors (Lipinski definition) is 2. The van der Waals surface area contributed by atoms with Gasteiger partial charge in [-0.15, -0.1) is 12.4 Å². The van der Waals surface area contributed by atoms with Crippen LogP contribution in [-0.2, 0) is 38.1 Å². The van der Waals surface area contributed by atoms with Gasteiger partial charge in [0.15, 0.2) is 0 Å². The molecular weight excluding hydrogens is 332 g/mol. The van der Waals surface area contributed by atoms with E-state index >= 15 is 0 Å². The minimum Gasteiger partial charge on any atom is -0.264 e. The maximum Gasteiger partial charge on any atom is 0.394 e. The smallest absolute Gasteiger partial charge is 0.264 e. The van der Waals surface area contributed by atoms with E-state index in [4.69, 9.17) is 17.5 Å². The van der Waals surface area contributed by atoms with Crippen LogP contribution in [0, 0.1) is 0 Å². The first-order chi connectivity index (χ1) is 2.00. The third-order valence-corrected chi connectivity index (χ3v) is 0. The first-order valence-corrected chi connectivity index (χ1v) is 2.10. The Morgan fingerprint density at radius 3 is 1.14 bits per heavy atom. The average Bonchev–Trinajstić information content (AvgIpc) is 0.722. The van der Waals surface area contributed by atoms with Crippen molar-refractivity contribution < 1.29 is 45.2 Å². The quantitative estimate of drug-likeness (QED) is 0.474. The van der Waals surface area contributed by atoms with E-state index in [-0.39, 0.29) is 40.1 Å². The van der Waals surface area contributed by atoms with E-state index in [1.165, 1.54) is 0 Å². The number of halogens is 1. The fourth-order valence-electron chi connectivity index (χ4n) is 0. The van der Waals surface area contributed by atoms with Gasteiger partial charge in [-0.2, -0.15) is 8.42 Å². The molecule has 2 N–H and O–H groups in total. The van der Waals surface area contributed by atoms with Crippen molar-refractivity contribution in [1.29, 1.82) is 0 Å². The molecule has 0 aromatic heterocycles. The van der Waals surface area contributed by atoms with Crippen molar-refractivity contribution in [1.82, 2.24) is 0 Å². The van der Waals surface area contributed by atoms with Crippen molar-refractivity contribution in [3.05, 3.63) is 0 Å². The summed E-state index contributed by atoms with van der Waals surface area (Å²) < 4.78 is 31.6. The van der Waals surface area contributed by atoms with Gasteiger partial charge in [0.25, 0.3) is 0 Å². The predicted molar refractivity (Wildman–Crippen MR) is 21.4 cm³/mol. The van der Waals surface area contributed by atoms with E-state index in [0.29, 0.717) is 0 Å². The molecule has 0 bridgehead atoms. The summed E-state index contributed by atoms with van der Waals surface area (Å²) in [7, 11) is -4.67. The molecule has 0 unspecified atom stereocenters. The van der Waals surface area contributed by atoms with Crippen molar-refractivity contribution in [2.45, 2.75) is 0 Å². The van der Waals surface area contributed by atoms with Crippen LogP contribution in [0.4, 0.5) is 0 Å². The first-order valence-electron chi connectivity index (χ1n) is 0.698. The molecule has 0 rings (SSSR count). The Morgan fingerprint density at radius 1 is 1.14 bits per heavy atom. The molecule has 0 heterocycles. The van der Waals surface area contributed by atoms with Crippen LogP contribution in [0.3, 0.4) is 0 Å². The zero-order valence-corrected chi connectivity index (χ0v) is 10.4. The SMILES string of the molecule is Cl.O=S(=O)(O)O.[Hg]. The minimum absolute atomic E-state index is 0. The maximum atomic E-state index is 8.74. The third-order valence-electron chi connectivity index (χ3n) is 0. The molecule has 0 aromatic carbocycles. The molecule has 0 saturated heterocycles. The van der Waals surface area contributed by atoms with Gasteiger partial charge in [-0.3, -0.25) is 9.11 Å². The average molecular weight is 335 g/mol. The normalized spacial score (nSPS) is 8.29. The standard InChI is InChI=1S/ClH.Hg.H2O4S/c;;1-5(2,3)4/h1H;;(H2,1,2,3,4). The Kier molecular flexibility index (Phi) is 11.7. The number of hydrogen-bond acceptors (Lipinski definition) is 2. The Morgan fingerprint density at radius 2 is 1.14 bits per heavy atom. The van der Waals surface area contributed by atoms with Gasteiger partial charge in [0.2, 0.25) is 0 Å². The van der Waals surface area contributed by atoms with Crippen LogP contribution in [0.2, 0.25) is 0 Å². The fourth-order valence-corrected chi connectivity index (χ4v) is 0. The van der Waals surface area contributed by atoms with Gasteiger partial charge >= 0.3 is 10.4 Å². The van der Waals surface area contributed by atoms with Crippen LogP contribution in [-0.4, -0.2) is 17.5 Å². The van der Waals surface area contributed by atoms with Crippen molar-refractivity contribution in [2.75, 3.05) is 0 Å². The molecular formula is H3ClHgO4S. The zero-order valence-electron chi connectivity index (χ0n) is 3.23. The van der Waals surface area contributed by atoms with E-state index in [0.717, 1.165) is 0 Å². The molecule has 0 atom stereocenters. The zero-order chi connectivity index (χ0) is 4.50. The second-order valence-corrected chi connectivity index (χ2v) is 1.34. The molecule has 0 aliphatic carbocycles. The van der Waals surface area contributed by atoms with Gasteiger partial charge in [-0.05, 0) is 0 Å². The molecule has 0 saturated carbocycles. The monoisotopic (exact) mass is 336 g/mol. The van der Waals surface area contributed by atoms with Crippen LogP contribution < -0.4 is 0 Å². The third kappa shape index (κ3) is 154. The summed E-state index contributed by atoms with van der Waals surface area (Å²) >= 11 is 0. The van der Waals surface area contributed by atoms with E-state index in [2.05, 4.69) is 0 Å². The van der Waals surface area contributed by atoms with Gasteiger partial charge in [0.05, 0.1) is 0 Å². The van der Waals surface area contributed by atoms with Gasteiger partial charge in [0.1, 0.15) is 0 Å². The predicted octanol–water partition coefficient (Wildman–Crippen LogP) is -0.233. The summed E-state index contributed by atoms with van der Waals surface area (Å²) in [6, 6.07) is 0. The topological polar surface area (TPSA) is 74.6 Å². The number of rotatable bonds is 0. The Bertz CT molecular complexity index is 94.9. The van der Waals surface area contributed by atoms with Crippen molar-refractivity contribution in [3.8, 4) is 0 Å². The van der Waals surface area contributed by atoms with E-state index in [1.807, 2.05) is 0 Å². The van der Waals surface area contributed by atoms with Gasteiger partial charge < -0.3 is 0 Å². The van der Waals surface area contributed by atoms with E-state index in [9.17, 15) is 0 Å². The van der Waals surface area contributed by atoms with Gasteiger partial charge in [-0.25, -0.2) is 0 Å². The largest absolute Gasteiger partial charge is 0.394 e. The molecule has 0 aromatic rings. The molecule has 7 heavy (non-hydrogen) atoms. The Hall–Kier alpha value is 1.10. The summed E-state index contributed by atoms with van der Waals surface area (Å²) in [5, 5.41) is 0. The molecule has 0 amide bonds. The van der Waals surface area contributed by atoms with Crippen LogP contribution in [0.15, 0.2) is 0 Å². The molecule has 0 spiro atoms.